The molecule has 3 nitrogen and oxygen atoms in total. The van der Waals surface area contributed by atoms with Crippen molar-refractivity contribution in [3.8, 4) is 5.75 Å². The Morgan fingerprint density at radius 1 is 1.50 bits per heavy atom. The molecule has 0 saturated heterocycles. The Morgan fingerprint density at radius 2 is 2.33 bits per heavy atom. The molecule has 18 heavy (non-hydrogen) atoms. The summed E-state index contributed by atoms with van der Waals surface area (Å²) in [6.45, 7) is 0. The van der Waals surface area contributed by atoms with E-state index < -0.39 is 0 Å². The highest BCUT2D eigenvalue weighted by Gasteiger charge is 2.15. The highest BCUT2D eigenvalue weighted by Crippen LogP contribution is 2.30. The van der Waals surface area contributed by atoms with E-state index in [1.54, 1.807) is 18.4 Å². The van der Waals surface area contributed by atoms with Gasteiger partial charge in [-0.2, -0.15) is 0 Å². The minimum atomic E-state index is 0.230. The summed E-state index contributed by atoms with van der Waals surface area (Å²) in [4.78, 5) is 5.38. The second kappa shape index (κ2) is 6.31. The van der Waals surface area contributed by atoms with Crippen LogP contribution in [0.25, 0.3) is 0 Å². The van der Waals surface area contributed by atoms with E-state index in [9.17, 15) is 0 Å². The van der Waals surface area contributed by atoms with Crippen molar-refractivity contribution in [1.29, 1.82) is 0 Å². The van der Waals surface area contributed by atoms with E-state index in [1.807, 2.05) is 30.9 Å². The molecule has 1 heterocycles. The van der Waals surface area contributed by atoms with Gasteiger partial charge in [0.1, 0.15) is 5.75 Å². The standard InChI is InChI=1S/C13H15BrN2OS/c1-15-12(6-10-7-16-8-18-10)11-4-3-9(14)5-13(11)17-2/h3-5,7-8,12,15H,6H2,1-2H3. The first-order chi connectivity index (χ1) is 8.74. The summed E-state index contributed by atoms with van der Waals surface area (Å²) in [5.74, 6) is 0.897. The molecule has 0 saturated carbocycles. The minimum absolute atomic E-state index is 0.230. The van der Waals surface area contributed by atoms with Gasteiger partial charge in [0.25, 0.3) is 0 Å². The third-order valence-electron chi connectivity index (χ3n) is 2.81. The fourth-order valence-corrected chi connectivity index (χ4v) is 2.87. The minimum Gasteiger partial charge on any atom is -0.496 e. The van der Waals surface area contributed by atoms with Gasteiger partial charge in [0.15, 0.2) is 0 Å². The van der Waals surface area contributed by atoms with Crippen molar-refractivity contribution >= 4 is 27.3 Å². The molecule has 5 heteroatoms. The van der Waals surface area contributed by atoms with E-state index in [0.717, 1.165) is 22.2 Å². The van der Waals surface area contributed by atoms with Crippen LogP contribution in [0.4, 0.5) is 0 Å². The number of halogens is 1. The van der Waals surface area contributed by atoms with Crippen molar-refractivity contribution in [3.63, 3.8) is 0 Å². The van der Waals surface area contributed by atoms with Gasteiger partial charge in [0, 0.05) is 33.6 Å². The molecule has 0 bridgehead atoms. The molecule has 2 rings (SSSR count). The van der Waals surface area contributed by atoms with Crippen molar-refractivity contribution in [3.05, 3.63) is 44.8 Å². The van der Waals surface area contributed by atoms with Crippen LogP contribution in [-0.4, -0.2) is 19.1 Å². The number of hydrogen-bond donors (Lipinski definition) is 1. The van der Waals surface area contributed by atoms with Gasteiger partial charge in [-0.05, 0) is 19.2 Å². The van der Waals surface area contributed by atoms with Crippen LogP contribution in [0.15, 0.2) is 34.4 Å². The molecule has 0 aliphatic carbocycles. The van der Waals surface area contributed by atoms with E-state index >= 15 is 0 Å². The van der Waals surface area contributed by atoms with Crippen LogP contribution in [0.3, 0.4) is 0 Å². The van der Waals surface area contributed by atoms with Crippen LogP contribution in [0, 0.1) is 0 Å². The maximum atomic E-state index is 5.45. The second-order valence-corrected chi connectivity index (χ2v) is 5.79. The van der Waals surface area contributed by atoms with Crippen LogP contribution in [0.1, 0.15) is 16.5 Å². The van der Waals surface area contributed by atoms with Gasteiger partial charge in [0.2, 0.25) is 0 Å². The Kier molecular flexibility index (Phi) is 4.74. The van der Waals surface area contributed by atoms with Crippen molar-refractivity contribution in [2.75, 3.05) is 14.2 Å². The smallest absolute Gasteiger partial charge is 0.124 e. The third kappa shape index (κ3) is 3.10. The van der Waals surface area contributed by atoms with Gasteiger partial charge in [-0.15, -0.1) is 11.3 Å². The summed E-state index contributed by atoms with van der Waals surface area (Å²) in [6.07, 6.45) is 2.83. The molecule has 1 N–H and O–H groups in total. The molecule has 0 aliphatic heterocycles. The van der Waals surface area contributed by atoms with E-state index in [-0.39, 0.29) is 6.04 Å². The molecule has 1 aromatic heterocycles. The predicted molar refractivity (Wildman–Crippen MR) is 78.3 cm³/mol. The molecule has 96 valence electrons. The molecule has 0 fully saturated rings. The van der Waals surface area contributed by atoms with Gasteiger partial charge in [0.05, 0.1) is 12.6 Å². The first-order valence-electron chi connectivity index (χ1n) is 5.62. The average Bonchev–Trinajstić information content (AvgIpc) is 2.89. The van der Waals surface area contributed by atoms with Gasteiger partial charge < -0.3 is 10.1 Å². The number of likely N-dealkylation sites (N-methyl/N-ethyl adjacent to an activating group) is 1. The summed E-state index contributed by atoms with van der Waals surface area (Å²) in [7, 11) is 3.66. The van der Waals surface area contributed by atoms with E-state index in [2.05, 4.69) is 32.3 Å². The molecule has 0 aliphatic rings. The number of rotatable bonds is 5. The maximum absolute atomic E-state index is 5.45. The molecule has 1 unspecified atom stereocenters. The number of nitrogens with one attached hydrogen (secondary N) is 1. The monoisotopic (exact) mass is 326 g/mol. The molecular formula is C13H15BrN2OS. The second-order valence-electron chi connectivity index (χ2n) is 3.90. The Labute approximate surface area is 119 Å². The topological polar surface area (TPSA) is 34.2 Å². The number of benzene rings is 1. The Bertz CT molecular complexity index is 502. The van der Waals surface area contributed by atoms with Crippen LogP contribution in [0.5, 0.6) is 5.75 Å². The summed E-state index contributed by atoms with van der Waals surface area (Å²) in [5.41, 5.74) is 3.03. The van der Waals surface area contributed by atoms with Gasteiger partial charge in [-0.1, -0.05) is 22.0 Å². The lowest BCUT2D eigenvalue weighted by molar-refractivity contribution is 0.401. The van der Waals surface area contributed by atoms with E-state index in [0.29, 0.717) is 0 Å². The molecule has 0 radical (unpaired) electrons. The maximum Gasteiger partial charge on any atom is 0.124 e. The highest BCUT2D eigenvalue weighted by atomic mass is 79.9. The number of aromatic nitrogens is 1. The summed E-state index contributed by atoms with van der Waals surface area (Å²) in [6, 6.07) is 6.35. The number of nitrogens with zero attached hydrogens (tertiary/aromatic N) is 1. The molecule has 2 aromatic rings. The molecule has 0 spiro atoms. The van der Waals surface area contributed by atoms with Crippen LogP contribution >= 0.6 is 27.3 Å². The first-order valence-corrected chi connectivity index (χ1v) is 7.30. The van der Waals surface area contributed by atoms with E-state index in [1.165, 1.54) is 4.88 Å². The van der Waals surface area contributed by atoms with Crippen molar-refractivity contribution in [2.45, 2.75) is 12.5 Å². The average molecular weight is 327 g/mol. The molecular weight excluding hydrogens is 312 g/mol. The number of ether oxygens (including phenoxy) is 1. The number of methoxy groups -OCH3 is 1. The van der Waals surface area contributed by atoms with Crippen molar-refractivity contribution < 1.29 is 4.74 Å². The van der Waals surface area contributed by atoms with Gasteiger partial charge >= 0.3 is 0 Å². The largest absolute Gasteiger partial charge is 0.496 e. The highest BCUT2D eigenvalue weighted by molar-refractivity contribution is 9.10. The normalized spacial score (nSPS) is 12.4. The Hall–Kier alpha value is -0.910. The summed E-state index contributed by atoms with van der Waals surface area (Å²) in [5, 5.41) is 3.33. The SMILES string of the molecule is CNC(Cc1cncs1)c1ccc(Br)cc1OC. The van der Waals surface area contributed by atoms with E-state index in [4.69, 9.17) is 4.74 Å². The lowest BCUT2D eigenvalue weighted by Gasteiger charge is -2.18. The number of hydrogen-bond acceptors (Lipinski definition) is 4. The van der Waals surface area contributed by atoms with Crippen molar-refractivity contribution in [1.82, 2.24) is 10.3 Å². The third-order valence-corrected chi connectivity index (χ3v) is 4.10. The summed E-state index contributed by atoms with van der Waals surface area (Å²) >= 11 is 5.14. The molecule has 1 aromatic carbocycles. The van der Waals surface area contributed by atoms with Gasteiger partial charge in [-0.3, -0.25) is 4.98 Å². The first kappa shape index (κ1) is 13.5. The fraction of sp³-hybridized carbons (Fsp3) is 0.308. The Balaban J connectivity index is 2.26. The zero-order chi connectivity index (χ0) is 13.0. The van der Waals surface area contributed by atoms with Crippen LogP contribution in [0.2, 0.25) is 0 Å². The van der Waals surface area contributed by atoms with Crippen LogP contribution < -0.4 is 10.1 Å². The van der Waals surface area contributed by atoms with Crippen LogP contribution in [-0.2, 0) is 6.42 Å². The fourth-order valence-electron chi connectivity index (χ4n) is 1.88. The summed E-state index contributed by atoms with van der Waals surface area (Å²) < 4.78 is 6.47. The molecule has 0 amide bonds. The Morgan fingerprint density at radius 3 is 2.94 bits per heavy atom. The quantitative estimate of drug-likeness (QED) is 0.914. The zero-order valence-corrected chi connectivity index (χ0v) is 12.7. The lowest BCUT2D eigenvalue weighted by Crippen LogP contribution is -2.19. The lowest BCUT2D eigenvalue weighted by atomic mass is 10.0. The number of thiazole rings is 1. The predicted octanol–water partition coefficient (Wildman–Crippen LogP) is 3.42. The zero-order valence-electron chi connectivity index (χ0n) is 10.3. The van der Waals surface area contributed by atoms with Gasteiger partial charge in [-0.25, -0.2) is 0 Å². The molecule has 1 atom stereocenters. The van der Waals surface area contributed by atoms with Crippen molar-refractivity contribution in [2.24, 2.45) is 0 Å².